The van der Waals surface area contributed by atoms with E-state index in [1.54, 1.807) is 0 Å². The van der Waals surface area contributed by atoms with Gasteiger partial charge in [-0.05, 0) is 52.0 Å². The highest BCUT2D eigenvalue weighted by Crippen LogP contribution is 2.38. The van der Waals surface area contributed by atoms with Crippen LogP contribution in [0.1, 0.15) is 59.8 Å². The van der Waals surface area contributed by atoms with E-state index >= 15 is 0 Å². The van der Waals surface area contributed by atoms with Crippen molar-refractivity contribution in [1.82, 2.24) is 9.80 Å². The van der Waals surface area contributed by atoms with Gasteiger partial charge in [0.25, 0.3) is 0 Å². The van der Waals surface area contributed by atoms with Gasteiger partial charge in [-0.25, -0.2) is 0 Å². The maximum absolute atomic E-state index is 6.33. The lowest BCUT2D eigenvalue weighted by Gasteiger charge is -2.53. The van der Waals surface area contributed by atoms with Gasteiger partial charge in [-0.3, -0.25) is 9.80 Å². The molecule has 0 radical (unpaired) electrons. The number of nitrogens with two attached hydrogens (primary N) is 1. The molecule has 2 N–H and O–H groups in total. The van der Waals surface area contributed by atoms with Crippen molar-refractivity contribution in [1.29, 1.82) is 0 Å². The third-order valence-electron chi connectivity index (χ3n) is 6.51. The Kier molecular flexibility index (Phi) is 5.38. The summed E-state index contributed by atoms with van der Waals surface area (Å²) in [5.74, 6) is 1.72. The van der Waals surface area contributed by atoms with Crippen molar-refractivity contribution in [3.8, 4) is 0 Å². The lowest BCUT2D eigenvalue weighted by atomic mass is 9.83. The monoisotopic (exact) mass is 295 g/mol. The van der Waals surface area contributed by atoms with E-state index in [4.69, 9.17) is 5.73 Å². The molecule has 1 saturated heterocycles. The van der Waals surface area contributed by atoms with E-state index in [-0.39, 0.29) is 11.1 Å². The molecule has 3 heteroatoms. The molecule has 124 valence electrons. The fourth-order valence-electron chi connectivity index (χ4n) is 4.38. The summed E-state index contributed by atoms with van der Waals surface area (Å²) in [4.78, 5) is 5.25. The van der Waals surface area contributed by atoms with Gasteiger partial charge in [-0.2, -0.15) is 0 Å². The Morgan fingerprint density at radius 3 is 2.43 bits per heavy atom. The fraction of sp³-hybridized carbons (Fsp3) is 1.00. The molecule has 2 aliphatic rings. The summed E-state index contributed by atoms with van der Waals surface area (Å²) >= 11 is 0. The van der Waals surface area contributed by atoms with Crippen molar-refractivity contribution in [3.63, 3.8) is 0 Å². The van der Waals surface area contributed by atoms with Crippen molar-refractivity contribution in [3.05, 3.63) is 0 Å². The highest BCUT2D eigenvalue weighted by molar-refractivity contribution is 5.00. The number of hydrogen-bond donors (Lipinski definition) is 1. The van der Waals surface area contributed by atoms with Crippen LogP contribution in [0.2, 0.25) is 0 Å². The van der Waals surface area contributed by atoms with Crippen LogP contribution in [-0.2, 0) is 0 Å². The minimum Gasteiger partial charge on any atom is -0.329 e. The van der Waals surface area contributed by atoms with Gasteiger partial charge in [0, 0.05) is 37.3 Å². The van der Waals surface area contributed by atoms with Crippen molar-refractivity contribution >= 4 is 0 Å². The summed E-state index contributed by atoms with van der Waals surface area (Å²) in [5, 5.41) is 0. The van der Waals surface area contributed by atoms with Gasteiger partial charge in [0.15, 0.2) is 0 Å². The normalized spacial score (nSPS) is 35.9. The number of nitrogens with zero attached hydrogens (tertiary/aromatic N) is 2. The van der Waals surface area contributed by atoms with E-state index in [9.17, 15) is 0 Å². The van der Waals surface area contributed by atoms with E-state index in [0.717, 1.165) is 24.9 Å². The van der Waals surface area contributed by atoms with Gasteiger partial charge in [0.1, 0.15) is 0 Å². The van der Waals surface area contributed by atoms with Crippen LogP contribution in [0.3, 0.4) is 0 Å². The number of piperazine rings is 1. The Morgan fingerprint density at radius 1 is 1.14 bits per heavy atom. The van der Waals surface area contributed by atoms with Gasteiger partial charge in [0.05, 0.1) is 0 Å². The van der Waals surface area contributed by atoms with E-state index < -0.39 is 0 Å². The first-order valence-electron chi connectivity index (χ1n) is 8.97. The van der Waals surface area contributed by atoms with Gasteiger partial charge < -0.3 is 5.73 Å². The summed E-state index contributed by atoms with van der Waals surface area (Å²) in [6.07, 6.45) is 6.71. The Hall–Kier alpha value is -0.120. The van der Waals surface area contributed by atoms with Crippen LogP contribution in [0.15, 0.2) is 0 Å². The van der Waals surface area contributed by atoms with Crippen LogP contribution in [0.25, 0.3) is 0 Å². The van der Waals surface area contributed by atoms with Crippen molar-refractivity contribution in [2.45, 2.75) is 70.9 Å². The van der Waals surface area contributed by atoms with Crippen LogP contribution >= 0.6 is 0 Å². The minimum atomic E-state index is 0.266. The van der Waals surface area contributed by atoms with Crippen LogP contribution in [0.4, 0.5) is 0 Å². The quantitative estimate of drug-likeness (QED) is 0.813. The van der Waals surface area contributed by atoms with Crippen molar-refractivity contribution < 1.29 is 0 Å². The second-order valence-electron chi connectivity index (χ2n) is 8.52. The molecule has 2 atom stereocenters. The zero-order valence-corrected chi connectivity index (χ0v) is 15.0. The molecule has 1 saturated carbocycles. The second-order valence-corrected chi connectivity index (χ2v) is 8.52. The number of hydrogen-bond acceptors (Lipinski definition) is 3. The van der Waals surface area contributed by atoms with E-state index in [1.165, 1.54) is 45.2 Å². The first-order chi connectivity index (χ1) is 9.81. The molecule has 0 aromatic carbocycles. The lowest BCUT2D eigenvalue weighted by Crippen LogP contribution is -2.65. The topological polar surface area (TPSA) is 32.5 Å². The summed E-state index contributed by atoms with van der Waals surface area (Å²) in [6, 6.07) is 0. The van der Waals surface area contributed by atoms with Gasteiger partial charge >= 0.3 is 0 Å². The molecular formula is C18H37N3. The largest absolute Gasteiger partial charge is 0.329 e. The molecule has 0 bridgehead atoms. The molecule has 1 aliphatic heterocycles. The summed E-state index contributed by atoms with van der Waals surface area (Å²) in [7, 11) is 2.26. The van der Waals surface area contributed by atoms with Crippen molar-refractivity contribution in [2.75, 3.05) is 33.2 Å². The second kappa shape index (κ2) is 6.55. The van der Waals surface area contributed by atoms with Crippen LogP contribution in [-0.4, -0.2) is 54.1 Å². The standard InChI is InChI=1S/C18H37N3/c1-15(2)16-7-6-9-18(13-19,10-8-16)21-12-11-20(5)17(3,4)14-21/h15-16H,6-14,19H2,1-5H3. The molecule has 0 aromatic rings. The predicted molar refractivity (Wildman–Crippen MR) is 91.5 cm³/mol. The smallest absolute Gasteiger partial charge is 0.0333 e. The maximum atomic E-state index is 6.33. The third-order valence-corrected chi connectivity index (χ3v) is 6.51. The fourth-order valence-corrected chi connectivity index (χ4v) is 4.38. The predicted octanol–water partition coefficient (Wildman–Crippen LogP) is 2.95. The molecule has 0 aromatic heterocycles. The highest BCUT2D eigenvalue weighted by atomic mass is 15.3. The van der Waals surface area contributed by atoms with Gasteiger partial charge in [-0.1, -0.05) is 26.7 Å². The zero-order valence-electron chi connectivity index (χ0n) is 15.0. The van der Waals surface area contributed by atoms with E-state index in [2.05, 4.69) is 44.5 Å². The molecule has 2 rings (SSSR count). The SMILES string of the molecule is CC(C)C1CCCC(CN)(N2CCN(C)C(C)(C)C2)CC1. The van der Waals surface area contributed by atoms with Crippen LogP contribution in [0.5, 0.6) is 0 Å². The van der Waals surface area contributed by atoms with Gasteiger partial charge in [0.2, 0.25) is 0 Å². The number of likely N-dealkylation sites (N-methyl/N-ethyl adjacent to an activating group) is 1. The molecule has 2 unspecified atom stereocenters. The molecular weight excluding hydrogens is 258 g/mol. The molecule has 0 spiro atoms. The first kappa shape index (κ1) is 17.2. The maximum Gasteiger partial charge on any atom is 0.0333 e. The van der Waals surface area contributed by atoms with Crippen molar-refractivity contribution in [2.24, 2.45) is 17.6 Å². The average molecular weight is 296 g/mol. The third kappa shape index (κ3) is 3.62. The average Bonchev–Trinajstić information content (AvgIpc) is 2.65. The zero-order chi connectivity index (χ0) is 15.7. The lowest BCUT2D eigenvalue weighted by molar-refractivity contribution is -0.0287. The summed E-state index contributed by atoms with van der Waals surface area (Å²) < 4.78 is 0. The Labute approximate surface area is 132 Å². The minimum absolute atomic E-state index is 0.266. The number of rotatable bonds is 3. The summed E-state index contributed by atoms with van der Waals surface area (Å²) in [5.41, 5.74) is 6.86. The first-order valence-corrected chi connectivity index (χ1v) is 8.97. The van der Waals surface area contributed by atoms with Crippen LogP contribution < -0.4 is 5.73 Å². The van der Waals surface area contributed by atoms with E-state index in [1.807, 2.05) is 0 Å². The molecule has 2 fully saturated rings. The van der Waals surface area contributed by atoms with Gasteiger partial charge in [-0.15, -0.1) is 0 Å². The molecule has 0 amide bonds. The molecule has 3 nitrogen and oxygen atoms in total. The Balaban J connectivity index is 2.11. The van der Waals surface area contributed by atoms with E-state index in [0.29, 0.717) is 0 Å². The highest BCUT2D eigenvalue weighted by Gasteiger charge is 2.42. The molecule has 21 heavy (non-hydrogen) atoms. The van der Waals surface area contributed by atoms with Crippen LogP contribution in [0, 0.1) is 11.8 Å². The molecule has 1 aliphatic carbocycles. The summed E-state index contributed by atoms with van der Waals surface area (Å²) in [6.45, 7) is 13.9. The Morgan fingerprint density at radius 2 is 1.86 bits per heavy atom. The Bertz CT molecular complexity index is 339. The molecule has 1 heterocycles.